The number of aryl methyl sites for hydroxylation is 1. The highest BCUT2D eigenvalue weighted by molar-refractivity contribution is 7.89. The van der Waals surface area contributed by atoms with Gasteiger partial charge in [0.1, 0.15) is 23.8 Å². The van der Waals surface area contributed by atoms with E-state index in [2.05, 4.69) is 5.32 Å². The maximum atomic E-state index is 13.2. The van der Waals surface area contributed by atoms with Gasteiger partial charge < -0.3 is 19.4 Å². The van der Waals surface area contributed by atoms with Crippen molar-refractivity contribution in [2.45, 2.75) is 43.0 Å². The molecule has 3 heterocycles. The summed E-state index contributed by atoms with van der Waals surface area (Å²) in [4.78, 5) is 13.4. The standard InChI is InChI=1S/C23H29N3O5S/c1-25-15-18(32(28,29)26-9-3-2-4-10-26)14-19(25)23(27)24-22(16-5-6-16)17-7-8-20-21(13-17)31-12-11-30-20/h7-8,13-16,22H,2-6,9-12H2,1H3,(H,24,27). The van der Waals surface area contributed by atoms with Gasteiger partial charge in [-0.3, -0.25) is 4.79 Å². The molecule has 2 fully saturated rings. The minimum atomic E-state index is -3.59. The maximum absolute atomic E-state index is 13.2. The van der Waals surface area contributed by atoms with Crippen LogP contribution in [-0.2, 0) is 17.1 Å². The SMILES string of the molecule is Cn1cc(S(=O)(=O)N2CCCCC2)cc1C(=O)NC(c1ccc2c(c1)OCCO2)C1CC1. The number of carbonyl (C=O) groups excluding carboxylic acids is 1. The van der Waals surface area contributed by atoms with E-state index in [1.807, 2.05) is 18.2 Å². The van der Waals surface area contributed by atoms with Crippen molar-refractivity contribution in [2.24, 2.45) is 13.0 Å². The second kappa shape index (κ2) is 8.44. The number of nitrogens with one attached hydrogen (secondary N) is 1. The van der Waals surface area contributed by atoms with Gasteiger partial charge in [-0.25, -0.2) is 8.42 Å². The predicted octanol–water partition coefficient (Wildman–Crippen LogP) is 2.85. The molecule has 32 heavy (non-hydrogen) atoms. The highest BCUT2D eigenvalue weighted by atomic mass is 32.2. The Bertz CT molecular complexity index is 1120. The second-order valence-electron chi connectivity index (χ2n) is 8.83. The highest BCUT2D eigenvalue weighted by Crippen LogP contribution is 2.43. The van der Waals surface area contributed by atoms with E-state index in [-0.39, 0.29) is 16.8 Å². The summed E-state index contributed by atoms with van der Waals surface area (Å²) < 4.78 is 40.5. The molecule has 2 aliphatic heterocycles. The van der Waals surface area contributed by atoms with Crippen molar-refractivity contribution in [3.63, 3.8) is 0 Å². The first kappa shape index (κ1) is 21.3. The molecule has 1 aromatic heterocycles. The summed E-state index contributed by atoms with van der Waals surface area (Å²) in [6, 6.07) is 7.13. The molecule has 1 amide bonds. The van der Waals surface area contributed by atoms with Gasteiger partial charge >= 0.3 is 0 Å². The van der Waals surface area contributed by atoms with Crippen LogP contribution in [-0.4, -0.2) is 49.5 Å². The Morgan fingerprint density at radius 3 is 2.50 bits per heavy atom. The molecule has 9 heteroatoms. The number of fused-ring (bicyclic) bond motifs is 1. The van der Waals surface area contributed by atoms with Crippen LogP contribution in [0.1, 0.15) is 54.2 Å². The minimum absolute atomic E-state index is 0.157. The quantitative estimate of drug-likeness (QED) is 0.718. The lowest BCUT2D eigenvalue weighted by atomic mass is 10.0. The van der Waals surface area contributed by atoms with Gasteiger partial charge in [-0.15, -0.1) is 0 Å². The van der Waals surface area contributed by atoms with E-state index in [9.17, 15) is 13.2 Å². The molecule has 1 saturated carbocycles. The van der Waals surface area contributed by atoms with Crippen molar-refractivity contribution >= 4 is 15.9 Å². The van der Waals surface area contributed by atoms with Gasteiger partial charge in [0.05, 0.1) is 6.04 Å². The third-order valence-corrected chi connectivity index (χ3v) is 8.33. The maximum Gasteiger partial charge on any atom is 0.268 e. The Kier molecular flexibility index (Phi) is 5.63. The molecule has 0 spiro atoms. The molecular weight excluding hydrogens is 430 g/mol. The van der Waals surface area contributed by atoms with E-state index in [1.165, 1.54) is 16.6 Å². The minimum Gasteiger partial charge on any atom is -0.486 e. The number of carbonyl (C=O) groups is 1. The number of sulfonamides is 1. The fourth-order valence-electron chi connectivity index (χ4n) is 4.53. The van der Waals surface area contributed by atoms with Gasteiger partial charge in [0, 0.05) is 26.3 Å². The summed E-state index contributed by atoms with van der Waals surface area (Å²) in [7, 11) is -1.88. The lowest BCUT2D eigenvalue weighted by Crippen LogP contribution is -2.35. The molecule has 1 atom stereocenters. The highest BCUT2D eigenvalue weighted by Gasteiger charge is 2.35. The van der Waals surface area contributed by atoms with E-state index >= 15 is 0 Å². The summed E-state index contributed by atoms with van der Waals surface area (Å²) in [6.45, 7) is 2.11. The Morgan fingerprint density at radius 1 is 1.06 bits per heavy atom. The molecule has 1 N–H and O–H groups in total. The van der Waals surface area contributed by atoms with Crippen LogP contribution < -0.4 is 14.8 Å². The van der Waals surface area contributed by atoms with E-state index in [0.717, 1.165) is 43.4 Å². The average molecular weight is 460 g/mol. The van der Waals surface area contributed by atoms with Crippen molar-refractivity contribution in [1.29, 1.82) is 0 Å². The smallest absolute Gasteiger partial charge is 0.268 e. The topological polar surface area (TPSA) is 89.9 Å². The van der Waals surface area contributed by atoms with Crippen LogP contribution in [0.15, 0.2) is 35.4 Å². The Labute approximate surface area is 188 Å². The van der Waals surface area contributed by atoms with Gasteiger partial charge in [0.2, 0.25) is 10.0 Å². The second-order valence-corrected chi connectivity index (χ2v) is 10.8. The Morgan fingerprint density at radius 2 is 1.78 bits per heavy atom. The molecule has 172 valence electrons. The first-order valence-electron chi connectivity index (χ1n) is 11.3. The van der Waals surface area contributed by atoms with Crippen molar-refractivity contribution in [1.82, 2.24) is 14.2 Å². The van der Waals surface area contributed by atoms with Crippen molar-refractivity contribution in [3.8, 4) is 11.5 Å². The largest absolute Gasteiger partial charge is 0.486 e. The molecule has 1 saturated heterocycles. The molecule has 5 rings (SSSR count). The first-order chi connectivity index (χ1) is 15.4. The molecule has 1 unspecified atom stereocenters. The fraction of sp³-hybridized carbons (Fsp3) is 0.522. The average Bonchev–Trinajstić information content (AvgIpc) is 3.58. The van der Waals surface area contributed by atoms with Crippen LogP contribution in [0.3, 0.4) is 0 Å². The van der Waals surface area contributed by atoms with Crippen LogP contribution in [0.25, 0.3) is 0 Å². The number of amides is 1. The van der Waals surface area contributed by atoms with Crippen molar-refractivity contribution in [3.05, 3.63) is 41.7 Å². The number of aromatic nitrogens is 1. The normalized spacial score (nSPS) is 20.0. The zero-order chi connectivity index (χ0) is 22.3. The van der Waals surface area contributed by atoms with Crippen LogP contribution in [0, 0.1) is 5.92 Å². The van der Waals surface area contributed by atoms with Crippen LogP contribution in [0.5, 0.6) is 11.5 Å². The molecule has 8 nitrogen and oxygen atoms in total. The number of rotatable bonds is 6. The lowest BCUT2D eigenvalue weighted by molar-refractivity contribution is 0.0923. The monoisotopic (exact) mass is 459 g/mol. The van der Waals surface area contributed by atoms with Crippen molar-refractivity contribution < 1.29 is 22.7 Å². The van der Waals surface area contributed by atoms with E-state index in [1.54, 1.807) is 11.6 Å². The van der Waals surface area contributed by atoms with Gasteiger partial charge in [-0.1, -0.05) is 12.5 Å². The van der Waals surface area contributed by atoms with Gasteiger partial charge in [0.25, 0.3) is 5.91 Å². The number of piperidine rings is 1. The number of ether oxygens (including phenoxy) is 2. The first-order valence-corrected chi connectivity index (χ1v) is 12.7. The van der Waals surface area contributed by atoms with Crippen molar-refractivity contribution in [2.75, 3.05) is 26.3 Å². The van der Waals surface area contributed by atoms with E-state index < -0.39 is 10.0 Å². The fourth-order valence-corrected chi connectivity index (χ4v) is 6.12. The molecule has 0 bridgehead atoms. The number of benzene rings is 1. The van der Waals surface area contributed by atoms with Crippen LogP contribution in [0.4, 0.5) is 0 Å². The summed E-state index contributed by atoms with van der Waals surface area (Å²) >= 11 is 0. The number of nitrogens with zero attached hydrogens (tertiary/aromatic N) is 2. The summed E-state index contributed by atoms with van der Waals surface area (Å²) in [5.74, 6) is 1.50. The summed E-state index contributed by atoms with van der Waals surface area (Å²) in [5, 5.41) is 3.14. The number of hydrogen-bond acceptors (Lipinski definition) is 5. The number of hydrogen-bond donors (Lipinski definition) is 1. The third-order valence-electron chi connectivity index (χ3n) is 6.47. The molecule has 1 aliphatic carbocycles. The molecule has 2 aromatic rings. The van der Waals surface area contributed by atoms with Crippen LogP contribution in [0.2, 0.25) is 0 Å². The Hall–Kier alpha value is -2.52. The van der Waals surface area contributed by atoms with Gasteiger partial charge in [0.15, 0.2) is 11.5 Å². The van der Waals surface area contributed by atoms with Gasteiger partial charge in [-0.2, -0.15) is 4.31 Å². The van der Waals surface area contributed by atoms with E-state index in [0.29, 0.717) is 43.7 Å². The predicted molar refractivity (Wildman–Crippen MR) is 118 cm³/mol. The molecular formula is C23H29N3O5S. The zero-order valence-corrected chi connectivity index (χ0v) is 19.1. The molecule has 1 aromatic carbocycles. The Balaban J connectivity index is 1.37. The van der Waals surface area contributed by atoms with Gasteiger partial charge in [-0.05, 0) is 55.4 Å². The zero-order valence-electron chi connectivity index (χ0n) is 18.2. The summed E-state index contributed by atoms with van der Waals surface area (Å²) in [6.07, 6.45) is 6.42. The summed E-state index contributed by atoms with van der Waals surface area (Å²) in [5.41, 5.74) is 1.31. The molecule has 0 radical (unpaired) electrons. The van der Waals surface area contributed by atoms with Crippen LogP contribution >= 0.6 is 0 Å². The van der Waals surface area contributed by atoms with E-state index in [4.69, 9.17) is 9.47 Å². The lowest BCUT2D eigenvalue weighted by Gasteiger charge is -2.25. The molecule has 3 aliphatic rings. The third kappa shape index (κ3) is 4.11.